The number of hydrogen-bond donors (Lipinski definition) is 2. The highest BCUT2D eigenvalue weighted by Gasteiger charge is 2.21. The number of carbonyl (C=O) groups is 1. The maximum atomic E-state index is 11.0. The molecule has 20 heavy (non-hydrogen) atoms. The molecule has 5 nitrogen and oxygen atoms in total. The molecule has 1 aromatic carbocycles. The summed E-state index contributed by atoms with van der Waals surface area (Å²) in [4.78, 5) is 13.4. The van der Waals surface area contributed by atoms with Crippen molar-refractivity contribution in [3.63, 3.8) is 0 Å². The molecule has 110 valence electrons. The summed E-state index contributed by atoms with van der Waals surface area (Å²) in [5.41, 5.74) is 9.83. The molecule has 1 aromatic rings. The molecule has 0 spiro atoms. The van der Waals surface area contributed by atoms with Gasteiger partial charge in [0.05, 0.1) is 13.2 Å². The minimum absolute atomic E-state index is 0.670. The van der Waals surface area contributed by atoms with Crippen LogP contribution in [0.2, 0.25) is 0 Å². The number of ether oxygens (including phenoxy) is 1. The normalized spacial score (nSPS) is 17.1. The zero-order valence-electron chi connectivity index (χ0n) is 12.1. The first-order valence-corrected chi connectivity index (χ1v) is 6.99. The Morgan fingerprint density at radius 3 is 2.65 bits per heavy atom. The van der Waals surface area contributed by atoms with Gasteiger partial charge in [-0.3, -0.25) is 4.79 Å². The van der Waals surface area contributed by atoms with Crippen LogP contribution in [0, 0.1) is 6.92 Å². The van der Waals surface area contributed by atoms with E-state index in [9.17, 15) is 4.79 Å². The summed E-state index contributed by atoms with van der Waals surface area (Å²) >= 11 is 0. The van der Waals surface area contributed by atoms with Crippen molar-refractivity contribution < 1.29 is 14.6 Å². The molecule has 0 saturated carbocycles. The second-order valence-corrected chi connectivity index (χ2v) is 5.11. The number of hydrogen-bond acceptors (Lipinski definition) is 4. The van der Waals surface area contributed by atoms with Crippen molar-refractivity contribution in [1.29, 1.82) is 0 Å². The molecule has 0 bridgehead atoms. The van der Waals surface area contributed by atoms with Gasteiger partial charge in [-0.05, 0) is 30.0 Å². The van der Waals surface area contributed by atoms with E-state index in [4.69, 9.17) is 15.6 Å². The summed E-state index contributed by atoms with van der Waals surface area (Å²) in [6.07, 6.45) is 0.855. The van der Waals surface area contributed by atoms with Crippen molar-refractivity contribution in [2.75, 3.05) is 31.2 Å². The third-order valence-corrected chi connectivity index (χ3v) is 3.74. The molecule has 0 radical (unpaired) electrons. The molecule has 3 N–H and O–H groups in total. The number of nitrogens with two attached hydrogens (primary N) is 1. The van der Waals surface area contributed by atoms with Gasteiger partial charge in [-0.1, -0.05) is 19.1 Å². The van der Waals surface area contributed by atoms with Gasteiger partial charge in [0, 0.05) is 18.8 Å². The van der Waals surface area contributed by atoms with Crippen LogP contribution in [0.4, 0.5) is 5.69 Å². The number of aliphatic carboxylic acids is 1. The van der Waals surface area contributed by atoms with Gasteiger partial charge in [0.15, 0.2) is 0 Å². The number of carboxylic acids is 1. The Hall–Kier alpha value is -1.59. The Morgan fingerprint density at radius 2 is 2.10 bits per heavy atom. The number of nitrogens with zero attached hydrogens (tertiary/aromatic N) is 1. The SMILES string of the molecule is CCc1cc([C@H](N)C(=O)O)cc(C)c1N1CCOCC1. The molecule has 1 saturated heterocycles. The third-order valence-electron chi connectivity index (χ3n) is 3.74. The van der Waals surface area contributed by atoms with Crippen LogP contribution >= 0.6 is 0 Å². The molecule has 5 heteroatoms. The van der Waals surface area contributed by atoms with Gasteiger partial charge >= 0.3 is 5.97 Å². The van der Waals surface area contributed by atoms with Gasteiger partial charge in [-0.15, -0.1) is 0 Å². The zero-order valence-corrected chi connectivity index (χ0v) is 12.1. The van der Waals surface area contributed by atoms with Gasteiger partial charge in [-0.25, -0.2) is 0 Å². The largest absolute Gasteiger partial charge is 0.480 e. The summed E-state index contributed by atoms with van der Waals surface area (Å²) in [6.45, 7) is 7.31. The van der Waals surface area contributed by atoms with Crippen LogP contribution in [0.15, 0.2) is 12.1 Å². The zero-order chi connectivity index (χ0) is 14.7. The maximum Gasteiger partial charge on any atom is 0.325 e. The Bertz CT molecular complexity index is 496. The predicted molar refractivity (Wildman–Crippen MR) is 78.2 cm³/mol. The molecule has 0 aliphatic carbocycles. The standard InChI is InChI=1S/C15H22N2O3/c1-3-11-9-12(13(16)15(18)19)8-10(2)14(11)17-4-6-20-7-5-17/h8-9,13H,3-7,16H2,1-2H3,(H,18,19)/t13-/m0/s1. The van der Waals surface area contributed by atoms with Crippen LogP contribution in [0.3, 0.4) is 0 Å². The average molecular weight is 278 g/mol. The van der Waals surface area contributed by atoms with Crippen molar-refractivity contribution in [3.8, 4) is 0 Å². The van der Waals surface area contributed by atoms with Gasteiger partial charge in [0.25, 0.3) is 0 Å². The summed E-state index contributed by atoms with van der Waals surface area (Å²) in [5.74, 6) is -0.995. The fourth-order valence-corrected chi connectivity index (χ4v) is 2.71. The van der Waals surface area contributed by atoms with E-state index in [2.05, 4.69) is 11.8 Å². The highest BCUT2D eigenvalue weighted by atomic mass is 16.5. The number of aryl methyl sites for hydroxylation is 2. The monoisotopic (exact) mass is 278 g/mol. The summed E-state index contributed by atoms with van der Waals surface area (Å²) < 4.78 is 5.39. The number of anilines is 1. The molecular formula is C15H22N2O3. The fourth-order valence-electron chi connectivity index (χ4n) is 2.71. The highest BCUT2D eigenvalue weighted by Crippen LogP contribution is 2.30. The van der Waals surface area contributed by atoms with Crippen LogP contribution in [0.25, 0.3) is 0 Å². The average Bonchev–Trinajstić information content (AvgIpc) is 2.46. The second kappa shape index (κ2) is 6.24. The maximum absolute atomic E-state index is 11.0. The lowest BCUT2D eigenvalue weighted by molar-refractivity contribution is -0.138. The van der Waals surface area contributed by atoms with E-state index in [-0.39, 0.29) is 0 Å². The predicted octanol–water partition coefficient (Wildman–Crippen LogP) is 1.48. The molecule has 0 unspecified atom stereocenters. The van der Waals surface area contributed by atoms with Gasteiger partial charge in [0.2, 0.25) is 0 Å². The molecule has 0 aromatic heterocycles. The van der Waals surface area contributed by atoms with E-state index in [0.29, 0.717) is 5.56 Å². The van der Waals surface area contributed by atoms with E-state index in [1.165, 1.54) is 5.69 Å². The van der Waals surface area contributed by atoms with Gasteiger partial charge in [0.1, 0.15) is 6.04 Å². The third kappa shape index (κ3) is 2.94. The molecule has 2 rings (SSSR count). The highest BCUT2D eigenvalue weighted by molar-refractivity contribution is 5.76. The molecule has 1 aliphatic rings. The Kier molecular flexibility index (Phi) is 4.62. The quantitative estimate of drug-likeness (QED) is 0.872. The van der Waals surface area contributed by atoms with Gasteiger partial charge < -0.3 is 20.5 Å². The molecule has 0 amide bonds. The number of rotatable bonds is 4. The minimum Gasteiger partial charge on any atom is -0.480 e. The number of morpholine rings is 1. The van der Waals surface area contributed by atoms with E-state index >= 15 is 0 Å². The lowest BCUT2D eigenvalue weighted by Gasteiger charge is -2.32. The second-order valence-electron chi connectivity index (χ2n) is 5.11. The fraction of sp³-hybridized carbons (Fsp3) is 0.533. The van der Waals surface area contributed by atoms with E-state index in [1.54, 1.807) is 0 Å². The number of carboxylic acid groups (broad SMARTS) is 1. The van der Waals surface area contributed by atoms with Crippen LogP contribution in [0.5, 0.6) is 0 Å². The lowest BCUT2D eigenvalue weighted by atomic mass is 9.96. The van der Waals surface area contributed by atoms with Gasteiger partial charge in [-0.2, -0.15) is 0 Å². The first-order chi connectivity index (χ1) is 9.54. The summed E-state index contributed by atoms with van der Waals surface area (Å²) in [5, 5.41) is 9.06. The van der Waals surface area contributed by atoms with Crippen LogP contribution in [0.1, 0.15) is 29.7 Å². The van der Waals surface area contributed by atoms with Crippen LogP contribution < -0.4 is 10.6 Å². The lowest BCUT2D eigenvalue weighted by Crippen LogP contribution is -2.37. The van der Waals surface area contributed by atoms with Crippen LogP contribution in [-0.4, -0.2) is 37.4 Å². The summed E-state index contributed by atoms with van der Waals surface area (Å²) in [6, 6.07) is 2.86. The minimum atomic E-state index is -0.995. The van der Waals surface area contributed by atoms with Crippen molar-refractivity contribution in [2.45, 2.75) is 26.3 Å². The summed E-state index contributed by atoms with van der Waals surface area (Å²) in [7, 11) is 0. The van der Waals surface area contributed by atoms with Crippen LogP contribution in [-0.2, 0) is 16.0 Å². The molecule has 1 heterocycles. The van der Waals surface area contributed by atoms with Crippen molar-refractivity contribution in [1.82, 2.24) is 0 Å². The Labute approximate surface area is 119 Å². The van der Waals surface area contributed by atoms with Crippen molar-refractivity contribution in [2.24, 2.45) is 5.73 Å². The molecular weight excluding hydrogens is 256 g/mol. The first-order valence-electron chi connectivity index (χ1n) is 6.99. The molecule has 1 atom stereocenters. The molecule has 1 aliphatic heterocycles. The Morgan fingerprint density at radius 1 is 1.45 bits per heavy atom. The van der Waals surface area contributed by atoms with Crippen molar-refractivity contribution in [3.05, 3.63) is 28.8 Å². The number of benzene rings is 1. The Balaban J connectivity index is 2.40. The first kappa shape index (κ1) is 14.8. The van der Waals surface area contributed by atoms with Crippen molar-refractivity contribution >= 4 is 11.7 Å². The van der Waals surface area contributed by atoms with E-state index < -0.39 is 12.0 Å². The molecule has 1 fully saturated rings. The van der Waals surface area contributed by atoms with E-state index in [1.807, 2.05) is 19.1 Å². The smallest absolute Gasteiger partial charge is 0.325 e. The topological polar surface area (TPSA) is 75.8 Å². The van der Waals surface area contributed by atoms with E-state index in [0.717, 1.165) is 43.9 Å².